The monoisotopic (exact) mass is 278 g/mol. The molecule has 0 bridgehead atoms. The lowest BCUT2D eigenvalue weighted by Gasteiger charge is -2.26. The number of amides is 1. The minimum absolute atomic E-state index is 0.429. The Morgan fingerprint density at radius 3 is 2.65 bits per heavy atom. The number of primary amides is 1. The van der Waals surface area contributed by atoms with Gasteiger partial charge in [-0.25, -0.2) is 0 Å². The van der Waals surface area contributed by atoms with Crippen LogP contribution in [0.5, 0.6) is 11.5 Å². The van der Waals surface area contributed by atoms with Crippen molar-refractivity contribution in [3.63, 3.8) is 0 Å². The highest BCUT2D eigenvalue weighted by molar-refractivity contribution is 5.93. The number of piperidine rings is 1. The second-order valence-electron chi connectivity index (χ2n) is 4.98. The highest BCUT2D eigenvalue weighted by Gasteiger charge is 2.12. The van der Waals surface area contributed by atoms with Gasteiger partial charge in [-0.1, -0.05) is 6.42 Å². The second-order valence-corrected chi connectivity index (χ2v) is 4.98. The summed E-state index contributed by atoms with van der Waals surface area (Å²) < 4.78 is 11.0. The highest BCUT2D eigenvalue weighted by Crippen LogP contribution is 2.28. The predicted octanol–water partition coefficient (Wildman–Crippen LogP) is 1.66. The normalized spacial score (nSPS) is 15.8. The van der Waals surface area contributed by atoms with Gasteiger partial charge in [-0.3, -0.25) is 9.69 Å². The van der Waals surface area contributed by atoms with Gasteiger partial charge in [0.15, 0.2) is 11.5 Å². The zero-order valence-electron chi connectivity index (χ0n) is 11.9. The molecule has 0 aliphatic carbocycles. The van der Waals surface area contributed by atoms with Gasteiger partial charge in [-0.15, -0.1) is 0 Å². The van der Waals surface area contributed by atoms with Crippen LogP contribution in [0.3, 0.4) is 0 Å². The van der Waals surface area contributed by atoms with Gasteiger partial charge in [0, 0.05) is 12.1 Å². The Balaban J connectivity index is 1.93. The predicted molar refractivity (Wildman–Crippen MR) is 77.3 cm³/mol. The number of rotatable bonds is 6. The van der Waals surface area contributed by atoms with E-state index in [0.29, 0.717) is 23.7 Å². The molecule has 20 heavy (non-hydrogen) atoms. The molecule has 1 fully saturated rings. The van der Waals surface area contributed by atoms with Gasteiger partial charge in [0.1, 0.15) is 6.61 Å². The molecular formula is C15H22N2O3. The molecule has 1 aromatic carbocycles. The van der Waals surface area contributed by atoms with Crippen LogP contribution < -0.4 is 15.2 Å². The summed E-state index contributed by atoms with van der Waals surface area (Å²) in [6.07, 6.45) is 3.85. The first-order valence-electron chi connectivity index (χ1n) is 7.03. The lowest BCUT2D eigenvalue weighted by molar-refractivity contribution is 0.0999. The summed E-state index contributed by atoms with van der Waals surface area (Å²) in [4.78, 5) is 13.6. The molecule has 110 valence electrons. The van der Waals surface area contributed by atoms with Gasteiger partial charge in [-0.05, 0) is 44.1 Å². The molecule has 1 saturated heterocycles. The van der Waals surface area contributed by atoms with Gasteiger partial charge in [0.05, 0.1) is 7.11 Å². The van der Waals surface area contributed by atoms with E-state index < -0.39 is 5.91 Å². The average Bonchev–Trinajstić information content (AvgIpc) is 2.48. The third-order valence-electron chi connectivity index (χ3n) is 3.56. The number of methoxy groups -OCH3 is 1. The summed E-state index contributed by atoms with van der Waals surface area (Å²) in [5.74, 6) is 0.725. The number of ether oxygens (including phenoxy) is 2. The van der Waals surface area contributed by atoms with E-state index in [9.17, 15) is 4.79 Å². The molecule has 0 spiro atoms. The maximum atomic E-state index is 11.2. The number of hydrogen-bond acceptors (Lipinski definition) is 4. The van der Waals surface area contributed by atoms with Crippen molar-refractivity contribution in [1.29, 1.82) is 0 Å². The molecule has 1 heterocycles. The molecule has 2 rings (SSSR count). The summed E-state index contributed by atoms with van der Waals surface area (Å²) in [6.45, 7) is 3.76. The van der Waals surface area contributed by atoms with Crippen molar-refractivity contribution in [3.05, 3.63) is 23.8 Å². The Morgan fingerprint density at radius 2 is 2.00 bits per heavy atom. The standard InChI is InChI=1S/C15H22N2O3/c1-19-13-6-5-12(15(16)18)11-14(13)20-10-9-17-7-3-2-4-8-17/h5-6,11H,2-4,7-10H2,1H3,(H2,16,18). The van der Waals surface area contributed by atoms with E-state index in [1.807, 2.05) is 0 Å². The topological polar surface area (TPSA) is 64.8 Å². The van der Waals surface area contributed by atoms with E-state index in [0.717, 1.165) is 19.6 Å². The first kappa shape index (κ1) is 14.7. The molecule has 5 nitrogen and oxygen atoms in total. The second kappa shape index (κ2) is 7.14. The summed E-state index contributed by atoms with van der Waals surface area (Å²) in [5.41, 5.74) is 5.71. The number of hydrogen-bond donors (Lipinski definition) is 1. The van der Waals surface area contributed by atoms with Crippen LogP contribution in [0.4, 0.5) is 0 Å². The largest absolute Gasteiger partial charge is 0.493 e. The van der Waals surface area contributed by atoms with Crippen molar-refractivity contribution in [3.8, 4) is 11.5 Å². The van der Waals surface area contributed by atoms with Crippen LogP contribution in [-0.4, -0.2) is 44.2 Å². The lowest BCUT2D eigenvalue weighted by Crippen LogP contribution is -2.33. The summed E-state index contributed by atoms with van der Waals surface area (Å²) in [6, 6.07) is 4.98. The average molecular weight is 278 g/mol. The number of carbonyl (C=O) groups is 1. The minimum Gasteiger partial charge on any atom is -0.493 e. The van der Waals surface area contributed by atoms with Crippen molar-refractivity contribution in [1.82, 2.24) is 4.90 Å². The Morgan fingerprint density at radius 1 is 1.25 bits per heavy atom. The van der Waals surface area contributed by atoms with Gasteiger partial charge in [-0.2, -0.15) is 0 Å². The van der Waals surface area contributed by atoms with Gasteiger partial charge in [0.25, 0.3) is 0 Å². The van der Waals surface area contributed by atoms with Crippen molar-refractivity contribution in [2.75, 3.05) is 33.4 Å². The molecule has 1 aliphatic rings. The van der Waals surface area contributed by atoms with Gasteiger partial charge in [0.2, 0.25) is 5.91 Å². The summed E-state index contributed by atoms with van der Waals surface area (Å²) >= 11 is 0. The first-order valence-corrected chi connectivity index (χ1v) is 7.03. The van der Waals surface area contributed by atoms with E-state index in [1.54, 1.807) is 25.3 Å². The van der Waals surface area contributed by atoms with Gasteiger partial charge < -0.3 is 15.2 Å². The fourth-order valence-electron chi connectivity index (χ4n) is 2.41. The molecule has 1 aromatic rings. The van der Waals surface area contributed by atoms with Crippen LogP contribution in [0, 0.1) is 0 Å². The third kappa shape index (κ3) is 3.87. The Labute approximate surface area is 119 Å². The molecule has 1 amide bonds. The van der Waals surface area contributed by atoms with E-state index in [4.69, 9.17) is 15.2 Å². The summed E-state index contributed by atoms with van der Waals surface area (Å²) in [5, 5.41) is 0. The molecule has 5 heteroatoms. The van der Waals surface area contributed by atoms with Crippen LogP contribution in [0.1, 0.15) is 29.6 Å². The lowest BCUT2D eigenvalue weighted by atomic mass is 10.1. The van der Waals surface area contributed by atoms with E-state index in [1.165, 1.54) is 19.3 Å². The Bertz CT molecular complexity index is 456. The van der Waals surface area contributed by atoms with E-state index >= 15 is 0 Å². The summed E-state index contributed by atoms with van der Waals surface area (Å²) in [7, 11) is 1.58. The molecular weight excluding hydrogens is 256 g/mol. The Kier molecular flexibility index (Phi) is 5.24. The number of benzene rings is 1. The van der Waals surface area contributed by atoms with Crippen LogP contribution in [0.15, 0.2) is 18.2 Å². The Hall–Kier alpha value is -1.75. The number of nitrogens with zero attached hydrogens (tertiary/aromatic N) is 1. The molecule has 0 radical (unpaired) electrons. The zero-order valence-corrected chi connectivity index (χ0v) is 11.9. The van der Waals surface area contributed by atoms with Crippen molar-refractivity contribution in [2.45, 2.75) is 19.3 Å². The minimum atomic E-state index is -0.464. The molecule has 0 unspecified atom stereocenters. The van der Waals surface area contributed by atoms with Crippen molar-refractivity contribution in [2.24, 2.45) is 5.73 Å². The van der Waals surface area contributed by atoms with E-state index in [-0.39, 0.29) is 0 Å². The van der Waals surface area contributed by atoms with Crippen molar-refractivity contribution < 1.29 is 14.3 Å². The zero-order chi connectivity index (χ0) is 14.4. The molecule has 0 aromatic heterocycles. The third-order valence-corrected chi connectivity index (χ3v) is 3.56. The van der Waals surface area contributed by atoms with Gasteiger partial charge >= 0.3 is 0 Å². The molecule has 1 aliphatic heterocycles. The van der Waals surface area contributed by atoms with Crippen molar-refractivity contribution >= 4 is 5.91 Å². The smallest absolute Gasteiger partial charge is 0.248 e. The molecule has 2 N–H and O–H groups in total. The fourth-order valence-corrected chi connectivity index (χ4v) is 2.41. The number of likely N-dealkylation sites (tertiary alicyclic amines) is 1. The van der Waals surface area contributed by atoms with Crippen LogP contribution in [-0.2, 0) is 0 Å². The van der Waals surface area contributed by atoms with Crippen LogP contribution >= 0.6 is 0 Å². The SMILES string of the molecule is COc1ccc(C(N)=O)cc1OCCN1CCCCC1. The first-order chi connectivity index (χ1) is 9.70. The quantitative estimate of drug-likeness (QED) is 0.859. The fraction of sp³-hybridized carbons (Fsp3) is 0.533. The maximum absolute atomic E-state index is 11.2. The van der Waals surface area contributed by atoms with Crippen LogP contribution in [0.2, 0.25) is 0 Å². The number of nitrogens with two attached hydrogens (primary N) is 1. The molecule has 0 saturated carbocycles. The van der Waals surface area contributed by atoms with E-state index in [2.05, 4.69) is 4.90 Å². The maximum Gasteiger partial charge on any atom is 0.248 e. The highest BCUT2D eigenvalue weighted by atomic mass is 16.5. The number of carbonyl (C=O) groups excluding carboxylic acids is 1. The molecule has 0 atom stereocenters. The van der Waals surface area contributed by atoms with Crippen LogP contribution in [0.25, 0.3) is 0 Å².